The van der Waals surface area contributed by atoms with Crippen molar-refractivity contribution in [2.24, 2.45) is 0 Å². The molecule has 0 N–H and O–H groups in total. The highest BCUT2D eigenvalue weighted by molar-refractivity contribution is 6.89. The van der Waals surface area contributed by atoms with E-state index in [4.69, 9.17) is 0 Å². The predicted molar refractivity (Wildman–Crippen MR) is 186 cm³/mol. The molecule has 0 saturated heterocycles. The fourth-order valence-corrected chi connectivity index (χ4v) is 8.56. The summed E-state index contributed by atoms with van der Waals surface area (Å²) in [5, 5.41) is 63.1. The first-order chi connectivity index (χ1) is 22.7. The Morgan fingerprint density at radius 1 is 0.479 bits per heavy atom. The maximum absolute atomic E-state index is 17.2. The van der Waals surface area contributed by atoms with Gasteiger partial charge in [0.25, 0.3) is 0 Å². The molecule has 0 fully saturated rings. The summed E-state index contributed by atoms with van der Waals surface area (Å²) in [6, 6.07) is 25.3. The molecule has 0 radical (unpaired) electrons. The third-order valence-corrected chi connectivity index (χ3v) is 12.8. The van der Waals surface area contributed by atoms with Crippen molar-refractivity contribution in [2.45, 2.75) is 39.3 Å². The molecule has 0 aliphatic heterocycles. The van der Waals surface area contributed by atoms with Gasteiger partial charge in [-0.25, -0.2) is 8.78 Å². The molecule has 0 aromatic heterocycles. The number of benzene rings is 3. The third-order valence-electron chi connectivity index (χ3n) is 8.63. The lowest BCUT2D eigenvalue weighted by Crippen LogP contribution is -2.37. The van der Waals surface area contributed by atoms with Crippen molar-refractivity contribution < 1.29 is 8.78 Å². The van der Waals surface area contributed by atoms with E-state index >= 15 is 8.78 Å². The van der Waals surface area contributed by atoms with Crippen LogP contribution in [0.5, 0.6) is 0 Å². The topological polar surface area (TPSA) is 143 Å². The summed E-state index contributed by atoms with van der Waals surface area (Å²) >= 11 is 0. The van der Waals surface area contributed by atoms with Crippen LogP contribution in [0.15, 0.2) is 59.7 Å². The van der Waals surface area contributed by atoms with Gasteiger partial charge in [0.1, 0.15) is 59.2 Å². The molecular weight excluding hydrogens is 635 g/mol. The number of fused-ring (bicyclic) bond motifs is 2. The summed E-state index contributed by atoms with van der Waals surface area (Å²) in [6.45, 7) is 12.9. The Labute approximate surface area is 280 Å². The van der Waals surface area contributed by atoms with Crippen molar-refractivity contribution in [1.29, 1.82) is 31.6 Å². The van der Waals surface area contributed by atoms with Gasteiger partial charge in [0.15, 0.2) is 0 Å². The number of nitrogens with zero attached hydrogens (tertiary/aromatic N) is 6. The van der Waals surface area contributed by atoms with E-state index in [0.717, 1.165) is 10.4 Å². The second kappa shape index (κ2) is 11.9. The normalized spacial score (nSPS) is 13.5. The van der Waals surface area contributed by atoms with Crippen LogP contribution in [-0.4, -0.2) is 16.1 Å². The van der Waals surface area contributed by atoms with Crippen molar-refractivity contribution in [3.8, 4) is 36.4 Å². The smallest absolute Gasteiger partial charge is 0.141 e. The largest absolute Gasteiger partial charge is 0.206 e. The fourth-order valence-electron chi connectivity index (χ4n) is 6.23. The zero-order valence-corrected chi connectivity index (χ0v) is 29.1. The van der Waals surface area contributed by atoms with Gasteiger partial charge in [0.05, 0.1) is 27.3 Å². The molecule has 5 rings (SSSR count). The monoisotopic (exact) mass is 660 g/mol. The summed E-state index contributed by atoms with van der Waals surface area (Å²) in [6.07, 6.45) is 0. The molecule has 0 saturated carbocycles. The zero-order chi connectivity index (χ0) is 35.3. The highest BCUT2D eigenvalue weighted by Crippen LogP contribution is 2.57. The van der Waals surface area contributed by atoms with E-state index in [-0.39, 0.29) is 33.4 Å². The molecule has 0 amide bonds. The van der Waals surface area contributed by atoms with Crippen LogP contribution >= 0.6 is 0 Å². The number of halogens is 2. The zero-order valence-electron chi connectivity index (χ0n) is 27.1. The van der Waals surface area contributed by atoms with Crippen LogP contribution < -0.4 is 10.4 Å². The third kappa shape index (κ3) is 4.99. The van der Waals surface area contributed by atoms with E-state index in [0.29, 0.717) is 11.1 Å². The molecule has 48 heavy (non-hydrogen) atoms. The van der Waals surface area contributed by atoms with Crippen molar-refractivity contribution in [3.63, 3.8) is 0 Å². The van der Waals surface area contributed by atoms with Gasteiger partial charge in [-0.1, -0.05) is 98.2 Å². The number of hydrogen-bond donors (Lipinski definition) is 0. The van der Waals surface area contributed by atoms with Crippen LogP contribution in [0.2, 0.25) is 39.3 Å². The molecule has 0 unspecified atom stereocenters. The highest BCUT2D eigenvalue weighted by atomic mass is 28.3. The number of nitriles is 6. The fraction of sp³-hybridized carbons (Fsp3) is 0.158. The van der Waals surface area contributed by atoms with Gasteiger partial charge < -0.3 is 0 Å². The first-order valence-electron chi connectivity index (χ1n) is 14.9. The molecule has 0 atom stereocenters. The maximum atomic E-state index is 17.2. The molecule has 3 aromatic carbocycles. The van der Waals surface area contributed by atoms with Gasteiger partial charge in [-0.05, 0) is 11.1 Å². The molecule has 10 heteroatoms. The van der Waals surface area contributed by atoms with Gasteiger partial charge >= 0.3 is 0 Å². The molecule has 6 nitrogen and oxygen atoms in total. The van der Waals surface area contributed by atoms with Crippen molar-refractivity contribution in [3.05, 3.63) is 105 Å². The Kier molecular flexibility index (Phi) is 8.23. The lowest BCUT2D eigenvalue weighted by molar-refractivity contribution is 0.590. The maximum Gasteiger partial charge on any atom is 0.141 e. The van der Waals surface area contributed by atoms with Crippen LogP contribution in [-0.2, 0) is 0 Å². The number of allylic oxidation sites excluding steroid dienone is 8. The summed E-state index contributed by atoms with van der Waals surface area (Å²) in [4.78, 5) is 0. The molecule has 0 heterocycles. The Hall–Kier alpha value is -6.15. The standard InChI is InChI=1S/C38H26F2N6Si2/c1-47(2,3)25-11-7-21(8-12-25)29-27(19-45)33-35(31(29)23(15-41)16-42)38(40)34-28(20-46)30(22-9-13-26(14-10-22)48(4,5)6)32(24(17-43)18-44)36(34)37(33)39/h7-14H,1-6H3. The van der Waals surface area contributed by atoms with Crippen molar-refractivity contribution in [1.82, 2.24) is 0 Å². The minimum absolute atomic E-state index is 0.00478. The van der Waals surface area contributed by atoms with E-state index in [1.54, 1.807) is 48.5 Å². The Balaban J connectivity index is 1.94. The molecular formula is C38H26F2N6Si2. The molecule has 0 bridgehead atoms. The molecule has 3 aromatic rings. The van der Waals surface area contributed by atoms with E-state index < -0.39 is 61.2 Å². The Bertz CT molecular complexity index is 2160. The highest BCUT2D eigenvalue weighted by Gasteiger charge is 2.44. The van der Waals surface area contributed by atoms with Gasteiger partial charge in [0.2, 0.25) is 0 Å². The van der Waals surface area contributed by atoms with Crippen LogP contribution in [0.3, 0.4) is 0 Å². The minimum atomic E-state index is -1.76. The molecule has 2 aliphatic rings. The van der Waals surface area contributed by atoms with E-state index in [2.05, 4.69) is 39.3 Å². The second-order valence-corrected chi connectivity index (χ2v) is 23.6. The molecule has 230 valence electrons. The van der Waals surface area contributed by atoms with E-state index in [1.165, 1.54) is 0 Å². The summed E-state index contributed by atoms with van der Waals surface area (Å²) < 4.78 is 34.5. The number of hydrogen-bond acceptors (Lipinski definition) is 6. The first-order valence-corrected chi connectivity index (χ1v) is 21.9. The quantitative estimate of drug-likeness (QED) is 0.209. The molecule has 2 aliphatic carbocycles. The van der Waals surface area contributed by atoms with Crippen LogP contribution in [0.25, 0.3) is 33.4 Å². The SMILES string of the molecule is C[Si](C)(C)c1ccc(C2=C(C#N)c3c(F)c4c(c(F)c3C2=C(C#N)C#N)C(C#N)=C(c2ccc([Si](C)(C)C)cc2)C4=C(C#N)C#N)cc1. The van der Waals surface area contributed by atoms with Crippen LogP contribution in [0.1, 0.15) is 33.4 Å². The Morgan fingerprint density at radius 3 is 1.00 bits per heavy atom. The van der Waals surface area contributed by atoms with Gasteiger partial charge in [-0.15, -0.1) is 0 Å². The van der Waals surface area contributed by atoms with E-state index in [9.17, 15) is 31.6 Å². The van der Waals surface area contributed by atoms with Crippen molar-refractivity contribution in [2.75, 3.05) is 0 Å². The number of rotatable bonds is 4. The van der Waals surface area contributed by atoms with Crippen LogP contribution in [0.4, 0.5) is 8.78 Å². The van der Waals surface area contributed by atoms with Crippen LogP contribution in [0, 0.1) is 79.6 Å². The van der Waals surface area contributed by atoms with Gasteiger partial charge in [-0.3, -0.25) is 0 Å². The van der Waals surface area contributed by atoms with Gasteiger partial charge in [0, 0.05) is 44.5 Å². The van der Waals surface area contributed by atoms with Crippen molar-refractivity contribution >= 4 is 60.0 Å². The van der Waals surface area contributed by atoms with E-state index in [1.807, 2.05) is 36.4 Å². The Morgan fingerprint density at radius 2 is 0.771 bits per heavy atom. The summed E-state index contributed by atoms with van der Waals surface area (Å²) in [5.74, 6) is -2.28. The average Bonchev–Trinajstić information content (AvgIpc) is 3.59. The average molecular weight is 661 g/mol. The summed E-state index contributed by atoms with van der Waals surface area (Å²) in [5.41, 5.74) is -3.50. The lowest BCUT2D eigenvalue weighted by Gasteiger charge is -2.17. The van der Waals surface area contributed by atoms with Gasteiger partial charge in [-0.2, -0.15) is 31.6 Å². The minimum Gasteiger partial charge on any atom is -0.206 e. The second-order valence-electron chi connectivity index (χ2n) is 13.5. The lowest BCUT2D eigenvalue weighted by atomic mass is 9.89. The predicted octanol–water partition coefficient (Wildman–Crippen LogP) is 7.55. The first kappa shape index (κ1) is 33.2. The molecule has 0 spiro atoms. The summed E-state index contributed by atoms with van der Waals surface area (Å²) in [7, 11) is -3.52.